The first-order valence-corrected chi connectivity index (χ1v) is 10.8. The number of H-pyrrole nitrogens is 1. The summed E-state index contributed by atoms with van der Waals surface area (Å²) in [7, 11) is 1.62. The summed E-state index contributed by atoms with van der Waals surface area (Å²) in [5.41, 5.74) is 4.93. The number of benzene rings is 3. The van der Waals surface area contributed by atoms with E-state index in [1.54, 1.807) is 30.2 Å². The lowest BCUT2D eigenvalue weighted by atomic mass is 10.2. The number of imidazole rings is 1. The Morgan fingerprint density at radius 3 is 2.70 bits per heavy atom. The molecule has 0 saturated carbocycles. The number of aromatic amines is 1. The highest BCUT2D eigenvalue weighted by Gasteiger charge is 2.24. The molecular formula is C26H23N3O4. The Morgan fingerprint density at radius 1 is 1.06 bits per heavy atom. The van der Waals surface area contributed by atoms with Crippen molar-refractivity contribution in [3.8, 4) is 17.1 Å². The van der Waals surface area contributed by atoms with Crippen LogP contribution in [0.15, 0.2) is 66.7 Å². The van der Waals surface area contributed by atoms with Crippen molar-refractivity contribution in [3.63, 3.8) is 0 Å². The lowest BCUT2D eigenvalue weighted by molar-refractivity contribution is -0.119. The van der Waals surface area contributed by atoms with Gasteiger partial charge in [-0.3, -0.25) is 4.79 Å². The molecule has 0 atom stereocenters. The van der Waals surface area contributed by atoms with E-state index in [-0.39, 0.29) is 18.9 Å². The van der Waals surface area contributed by atoms with Crippen LogP contribution in [-0.4, -0.2) is 42.1 Å². The number of carbonyl (C=O) groups is 2. The third-order valence-corrected chi connectivity index (χ3v) is 5.82. The van der Waals surface area contributed by atoms with E-state index in [9.17, 15) is 9.59 Å². The summed E-state index contributed by atoms with van der Waals surface area (Å²) < 4.78 is 10.6. The summed E-state index contributed by atoms with van der Waals surface area (Å²) in [6, 6.07) is 20.6. The van der Waals surface area contributed by atoms with Crippen LogP contribution in [0.4, 0.5) is 5.69 Å². The topological polar surface area (TPSA) is 84.5 Å². The van der Waals surface area contributed by atoms with Crippen molar-refractivity contribution in [1.82, 2.24) is 9.97 Å². The van der Waals surface area contributed by atoms with Crippen molar-refractivity contribution in [2.75, 3.05) is 25.2 Å². The number of para-hydroxylation sites is 1. The Kier molecular flexibility index (Phi) is 5.52. The fourth-order valence-electron chi connectivity index (χ4n) is 4.07. The Labute approximate surface area is 191 Å². The van der Waals surface area contributed by atoms with Crippen molar-refractivity contribution in [3.05, 3.63) is 77.9 Å². The van der Waals surface area contributed by atoms with Gasteiger partial charge < -0.3 is 19.4 Å². The van der Waals surface area contributed by atoms with Gasteiger partial charge >= 0.3 is 5.97 Å². The Bertz CT molecular complexity index is 1330. The van der Waals surface area contributed by atoms with Gasteiger partial charge in [-0.15, -0.1) is 0 Å². The summed E-state index contributed by atoms with van der Waals surface area (Å²) in [6.07, 6.45) is 0.998. The normalized spacial score (nSPS) is 12.6. The molecule has 1 aliphatic rings. The summed E-state index contributed by atoms with van der Waals surface area (Å²) in [5, 5.41) is 0. The van der Waals surface area contributed by atoms with Gasteiger partial charge in [-0.25, -0.2) is 9.78 Å². The molecule has 1 aliphatic heterocycles. The van der Waals surface area contributed by atoms with Gasteiger partial charge in [0.1, 0.15) is 18.2 Å². The molecule has 1 amide bonds. The predicted molar refractivity (Wildman–Crippen MR) is 125 cm³/mol. The molecule has 7 nitrogen and oxygen atoms in total. The molecule has 0 radical (unpaired) electrons. The summed E-state index contributed by atoms with van der Waals surface area (Å²) >= 11 is 0. The molecule has 5 rings (SSSR count). The van der Waals surface area contributed by atoms with E-state index in [1.165, 1.54) is 5.56 Å². The van der Waals surface area contributed by atoms with Gasteiger partial charge in [-0.05, 0) is 60.5 Å². The van der Waals surface area contributed by atoms with Crippen LogP contribution in [0.1, 0.15) is 22.3 Å². The molecule has 4 aromatic rings. The van der Waals surface area contributed by atoms with Gasteiger partial charge in [0.2, 0.25) is 5.91 Å². The van der Waals surface area contributed by atoms with Gasteiger partial charge in [0, 0.05) is 17.8 Å². The SMILES string of the molecule is COc1ccc(-c2nc3ccc(C(=O)OCCC(=O)N4CCc5ccccc54)cc3[nH]2)cc1. The third-order valence-electron chi connectivity index (χ3n) is 5.82. The number of nitrogens with one attached hydrogen (secondary N) is 1. The molecule has 1 N–H and O–H groups in total. The maximum Gasteiger partial charge on any atom is 0.338 e. The average Bonchev–Trinajstić information content (AvgIpc) is 3.48. The molecule has 7 heteroatoms. The number of hydrogen-bond donors (Lipinski definition) is 1. The lowest BCUT2D eigenvalue weighted by Gasteiger charge is -2.17. The highest BCUT2D eigenvalue weighted by atomic mass is 16.5. The monoisotopic (exact) mass is 441 g/mol. The molecule has 0 spiro atoms. The van der Waals surface area contributed by atoms with Gasteiger partial charge in [0.25, 0.3) is 0 Å². The molecule has 0 unspecified atom stereocenters. The standard InChI is InChI=1S/C26H23N3O4/c1-32-20-9-6-18(7-10-20)25-27-21-11-8-19(16-22(21)28-25)26(31)33-15-13-24(30)29-14-12-17-4-2-3-5-23(17)29/h2-11,16H,12-15H2,1H3,(H,27,28). The second kappa shape index (κ2) is 8.78. The number of ether oxygens (including phenoxy) is 2. The first-order valence-electron chi connectivity index (χ1n) is 10.8. The molecule has 0 fully saturated rings. The van der Waals surface area contributed by atoms with Crippen molar-refractivity contribution < 1.29 is 19.1 Å². The molecule has 1 aromatic heterocycles. The van der Waals surface area contributed by atoms with Crippen molar-refractivity contribution in [1.29, 1.82) is 0 Å². The molecule has 2 heterocycles. The number of nitrogens with zero attached hydrogens (tertiary/aromatic N) is 2. The number of aromatic nitrogens is 2. The van der Waals surface area contributed by atoms with Crippen LogP contribution in [-0.2, 0) is 16.0 Å². The molecule has 3 aromatic carbocycles. The number of amides is 1. The largest absolute Gasteiger partial charge is 0.497 e. The smallest absolute Gasteiger partial charge is 0.338 e. The number of carbonyl (C=O) groups excluding carboxylic acids is 2. The second-order valence-electron chi connectivity index (χ2n) is 7.86. The fourth-order valence-corrected chi connectivity index (χ4v) is 4.07. The zero-order valence-electron chi connectivity index (χ0n) is 18.2. The van der Waals surface area contributed by atoms with Crippen LogP contribution in [0.2, 0.25) is 0 Å². The van der Waals surface area contributed by atoms with Crippen LogP contribution in [0.3, 0.4) is 0 Å². The lowest BCUT2D eigenvalue weighted by Crippen LogP contribution is -2.29. The maximum absolute atomic E-state index is 12.6. The average molecular weight is 441 g/mol. The van der Waals surface area contributed by atoms with Gasteiger partial charge in [0.05, 0.1) is 30.1 Å². The number of hydrogen-bond acceptors (Lipinski definition) is 5. The first-order chi connectivity index (χ1) is 16.1. The van der Waals surface area contributed by atoms with E-state index < -0.39 is 5.97 Å². The zero-order chi connectivity index (χ0) is 22.8. The minimum absolute atomic E-state index is 0.0362. The molecular weight excluding hydrogens is 418 g/mol. The molecule has 0 aliphatic carbocycles. The van der Waals surface area contributed by atoms with Crippen molar-refractivity contribution in [2.24, 2.45) is 0 Å². The first kappa shape index (κ1) is 20.8. The van der Waals surface area contributed by atoms with Crippen molar-refractivity contribution in [2.45, 2.75) is 12.8 Å². The van der Waals surface area contributed by atoms with E-state index in [4.69, 9.17) is 9.47 Å². The highest BCUT2D eigenvalue weighted by molar-refractivity contribution is 5.96. The van der Waals surface area contributed by atoms with E-state index in [2.05, 4.69) is 9.97 Å². The minimum atomic E-state index is -0.466. The maximum atomic E-state index is 12.6. The predicted octanol–water partition coefficient (Wildman–Crippen LogP) is 4.37. The zero-order valence-corrected chi connectivity index (χ0v) is 18.2. The minimum Gasteiger partial charge on any atom is -0.497 e. The van der Waals surface area contributed by atoms with Crippen LogP contribution < -0.4 is 9.64 Å². The number of fused-ring (bicyclic) bond motifs is 2. The third kappa shape index (κ3) is 4.17. The van der Waals surface area contributed by atoms with E-state index in [0.717, 1.165) is 34.5 Å². The number of rotatable bonds is 6. The van der Waals surface area contributed by atoms with E-state index in [1.807, 2.05) is 48.5 Å². The van der Waals surface area contributed by atoms with Gasteiger partial charge in [0.15, 0.2) is 0 Å². The van der Waals surface area contributed by atoms with Crippen LogP contribution in [0.5, 0.6) is 5.75 Å². The molecule has 166 valence electrons. The molecule has 33 heavy (non-hydrogen) atoms. The fraction of sp³-hybridized carbons (Fsp3) is 0.192. The summed E-state index contributed by atoms with van der Waals surface area (Å²) in [5.74, 6) is 0.968. The Morgan fingerprint density at radius 2 is 1.88 bits per heavy atom. The number of anilines is 1. The summed E-state index contributed by atoms with van der Waals surface area (Å²) in [4.78, 5) is 34.7. The van der Waals surface area contributed by atoms with Gasteiger partial charge in [-0.1, -0.05) is 18.2 Å². The van der Waals surface area contributed by atoms with E-state index in [0.29, 0.717) is 17.9 Å². The van der Waals surface area contributed by atoms with Crippen LogP contribution in [0.25, 0.3) is 22.4 Å². The Hall–Kier alpha value is -4.13. The number of esters is 1. The van der Waals surface area contributed by atoms with Crippen LogP contribution >= 0.6 is 0 Å². The van der Waals surface area contributed by atoms with Crippen molar-refractivity contribution >= 4 is 28.6 Å². The van der Waals surface area contributed by atoms with Crippen LogP contribution in [0, 0.1) is 0 Å². The Balaban J connectivity index is 1.22. The van der Waals surface area contributed by atoms with E-state index >= 15 is 0 Å². The van der Waals surface area contributed by atoms with Gasteiger partial charge in [-0.2, -0.15) is 0 Å². The second-order valence-corrected chi connectivity index (χ2v) is 7.86. The molecule has 0 bridgehead atoms. The summed E-state index contributed by atoms with van der Waals surface area (Å²) in [6.45, 7) is 0.702. The molecule has 0 saturated heterocycles. The highest BCUT2D eigenvalue weighted by Crippen LogP contribution is 2.28. The number of methoxy groups -OCH3 is 1. The quantitative estimate of drug-likeness (QED) is 0.449.